The Morgan fingerprint density at radius 3 is 2.60 bits per heavy atom. The molecule has 3 rings (SSSR count). The van der Waals surface area contributed by atoms with Gasteiger partial charge in [0.2, 0.25) is 21.7 Å². The van der Waals surface area contributed by atoms with Crippen LogP contribution in [0.4, 0.5) is 4.39 Å². The van der Waals surface area contributed by atoms with Crippen LogP contribution in [-0.4, -0.2) is 59.7 Å². The van der Waals surface area contributed by atoms with Crippen LogP contribution in [0.2, 0.25) is 0 Å². The minimum atomic E-state index is -3.14. The number of nitrogens with zero attached hydrogens (tertiary/aromatic N) is 4. The maximum absolute atomic E-state index is 13.7. The van der Waals surface area contributed by atoms with E-state index in [0.717, 1.165) is 0 Å². The van der Waals surface area contributed by atoms with Crippen LogP contribution in [0.5, 0.6) is 0 Å². The number of rotatable bonds is 5. The summed E-state index contributed by atoms with van der Waals surface area (Å²) < 4.78 is 44.2. The molecule has 0 atom stereocenters. The van der Waals surface area contributed by atoms with Gasteiger partial charge in [-0.1, -0.05) is 17.3 Å². The second-order valence-electron chi connectivity index (χ2n) is 6.05. The van der Waals surface area contributed by atoms with Gasteiger partial charge >= 0.3 is 0 Å². The molecule has 1 saturated heterocycles. The summed E-state index contributed by atoms with van der Waals surface area (Å²) in [5.74, 6) is 0.591. The van der Waals surface area contributed by atoms with E-state index in [4.69, 9.17) is 4.52 Å². The second kappa shape index (κ2) is 7.19. The van der Waals surface area contributed by atoms with E-state index < -0.39 is 10.0 Å². The zero-order chi connectivity index (χ0) is 18.0. The fourth-order valence-electron chi connectivity index (χ4n) is 2.71. The lowest BCUT2D eigenvalue weighted by Crippen LogP contribution is -2.48. The Balaban J connectivity index is 1.62. The lowest BCUT2D eigenvalue weighted by Gasteiger charge is -2.32. The van der Waals surface area contributed by atoms with Crippen LogP contribution in [0, 0.1) is 12.7 Å². The maximum atomic E-state index is 13.7. The van der Waals surface area contributed by atoms with Crippen molar-refractivity contribution < 1.29 is 17.3 Å². The van der Waals surface area contributed by atoms with Crippen LogP contribution in [0.3, 0.4) is 0 Å². The van der Waals surface area contributed by atoms with Gasteiger partial charge in [-0.15, -0.1) is 0 Å². The number of aryl methyl sites for hydroxylation is 1. The summed E-state index contributed by atoms with van der Waals surface area (Å²) in [5, 5.41) is 3.90. The maximum Gasteiger partial charge on any atom is 0.241 e. The molecule has 1 aliphatic heterocycles. The van der Waals surface area contributed by atoms with E-state index in [9.17, 15) is 12.8 Å². The van der Waals surface area contributed by atoms with E-state index in [1.807, 2.05) is 0 Å². The first kappa shape index (κ1) is 18.0. The Labute approximate surface area is 146 Å². The summed E-state index contributed by atoms with van der Waals surface area (Å²) in [5.41, 5.74) is 1.13. The number of sulfonamides is 1. The van der Waals surface area contributed by atoms with Crippen LogP contribution in [0.25, 0.3) is 11.4 Å². The molecule has 1 aliphatic rings. The standard InChI is InChI=1S/C16H21FN4O3S/c1-3-25(22,23)21-8-6-20(7-9-21)11-15-18-16(19-24-15)13-5-4-12(2)14(17)10-13/h4-5,10H,3,6-9,11H2,1-2H3. The highest BCUT2D eigenvalue weighted by Crippen LogP contribution is 2.20. The molecule has 1 aromatic carbocycles. The molecule has 0 saturated carbocycles. The molecule has 2 aromatic rings. The quantitative estimate of drug-likeness (QED) is 0.798. The monoisotopic (exact) mass is 368 g/mol. The normalized spacial score (nSPS) is 17.1. The second-order valence-corrected chi connectivity index (χ2v) is 8.31. The molecule has 136 valence electrons. The fourth-order valence-corrected chi connectivity index (χ4v) is 3.79. The molecule has 0 radical (unpaired) electrons. The number of hydrogen-bond acceptors (Lipinski definition) is 6. The van der Waals surface area contributed by atoms with Crippen LogP contribution in [0.1, 0.15) is 18.4 Å². The predicted molar refractivity (Wildman–Crippen MR) is 90.7 cm³/mol. The fraction of sp³-hybridized carbons (Fsp3) is 0.500. The van der Waals surface area contributed by atoms with Crippen molar-refractivity contribution in [1.82, 2.24) is 19.3 Å². The van der Waals surface area contributed by atoms with Crippen LogP contribution < -0.4 is 0 Å². The lowest BCUT2D eigenvalue weighted by atomic mass is 10.1. The molecule has 2 heterocycles. The summed E-state index contributed by atoms with van der Waals surface area (Å²) in [6.45, 7) is 5.92. The molecule has 1 aromatic heterocycles. The molecular formula is C16H21FN4O3S. The van der Waals surface area contributed by atoms with Gasteiger partial charge in [-0.3, -0.25) is 4.90 Å². The van der Waals surface area contributed by atoms with Gasteiger partial charge < -0.3 is 4.52 Å². The van der Waals surface area contributed by atoms with Crippen LogP contribution in [-0.2, 0) is 16.6 Å². The molecule has 25 heavy (non-hydrogen) atoms. The molecule has 0 unspecified atom stereocenters. The highest BCUT2D eigenvalue weighted by molar-refractivity contribution is 7.89. The Bertz CT molecular complexity index is 845. The average molecular weight is 368 g/mol. The molecule has 0 spiro atoms. The Kier molecular flexibility index (Phi) is 5.16. The van der Waals surface area contributed by atoms with Crippen molar-refractivity contribution in [1.29, 1.82) is 0 Å². The lowest BCUT2D eigenvalue weighted by molar-refractivity contribution is 0.163. The van der Waals surface area contributed by atoms with Crippen molar-refractivity contribution in [2.45, 2.75) is 20.4 Å². The molecule has 0 bridgehead atoms. The number of piperazine rings is 1. The van der Waals surface area contributed by atoms with Gasteiger partial charge in [0.15, 0.2) is 0 Å². The summed E-state index contributed by atoms with van der Waals surface area (Å²) in [6.07, 6.45) is 0. The SMILES string of the molecule is CCS(=O)(=O)N1CCN(Cc2nc(-c3ccc(C)c(F)c3)no2)CC1. The first-order chi connectivity index (χ1) is 11.9. The van der Waals surface area contributed by atoms with Crippen molar-refractivity contribution in [3.05, 3.63) is 35.5 Å². The minimum Gasteiger partial charge on any atom is -0.338 e. The molecule has 1 fully saturated rings. The first-order valence-corrected chi connectivity index (χ1v) is 9.79. The zero-order valence-electron chi connectivity index (χ0n) is 14.3. The van der Waals surface area contributed by atoms with Gasteiger partial charge in [-0.2, -0.15) is 9.29 Å². The minimum absolute atomic E-state index is 0.118. The summed E-state index contributed by atoms with van der Waals surface area (Å²) >= 11 is 0. The van der Waals surface area contributed by atoms with Crippen molar-refractivity contribution in [3.8, 4) is 11.4 Å². The number of aromatic nitrogens is 2. The number of halogens is 1. The van der Waals surface area contributed by atoms with E-state index in [0.29, 0.717) is 55.6 Å². The van der Waals surface area contributed by atoms with Crippen molar-refractivity contribution in [2.24, 2.45) is 0 Å². The highest BCUT2D eigenvalue weighted by Gasteiger charge is 2.26. The Hall–Kier alpha value is -1.84. The van der Waals surface area contributed by atoms with Gasteiger partial charge in [-0.25, -0.2) is 12.8 Å². The van der Waals surface area contributed by atoms with E-state index in [1.165, 1.54) is 10.4 Å². The van der Waals surface area contributed by atoms with Gasteiger partial charge in [0, 0.05) is 31.7 Å². The van der Waals surface area contributed by atoms with Gasteiger partial charge in [0.1, 0.15) is 5.82 Å². The molecule has 0 N–H and O–H groups in total. The van der Waals surface area contributed by atoms with Crippen LogP contribution >= 0.6 is 0 Å². The third-order valence-corrected chi connectivity index (χ3v) is 6.23. The third-order valence-electron chi connectivity index (χ3n) is 4.35. The number of hydrogen-bond donors (Lipinski definition) is 0. The largest absolute Gasteiger partial charge is 0.338 e. The Morgan fingerprint density at radius 1 is 1.24 bits per heavy atom. The van der Waals surface area contributed by atoms with E-state index in [1.54, 1.807) is 26.0 Å². The topological polar surface area (TPSA) is 79.5 Å². The van der Waals surface area contributed by atoms with Gasteiger partial charge in [0.05, 0.1) is 12.3 Å². The zero-order valence-corrected chi connectivity index (χ0v) is 15.1. The third kappa shape index (κ3) is 4.05. The predicted octanol–water partition coefficient (Wildman–Crippen LogP) is 1.65. The van der Waals surface area contributed by atoms with Gasteiger partial charge in [0.25, 0.3) is 0 Å². The van der Waals surface area contributed by atoms with Gasteiger partial charge in [-0.05, 0) is 25.5 Å². The Morgan fingerprint density at radius 2 is 1.96 bits per heavy atom. The summed E-state index contributed by atoms with van der Waals surface area (Å²) in [6, 6.07) is 4.81. The molecular weight excluding hydrogens is 347 g/mol. The van der Waals surface area contributed by atoms with E-state index in [2.05, 4.69) is 15.0 Å². The smallest absolute Gasteiger partial charge is 0.241 e. The molecule has 0 amide bonds. The van der Waals surface area contributed by atoms with Crippen molar-refractivity contribution >= 4 is 10.0 Å². The van der Waals surface area contributed by atoms with Crippen molar-refractivity contribution in [2.75, 3.05) is 31.9 Å². The first-order valence-electron chi connectivity index (χ1n) is 8.18. The summed E-state index contributed by atoms with van der Waals surface area (Å²) in [4.78, 5) is 6.38. The highest BCUT2D eigenvalue weighted by atomic mass is 32.2. The molecule has 0 aliphatic carbocycles. The summed E-state index contributed by atoms with van der Waals surface area (Å²) in [7, 11) is -3.14. The number of benzene rings is 1. The van der Waals surface area contributed by atoms with E-state index >= 15 is 0 Å². The molecule has 9 heteroatoms. The average Bonchev–Trinajstić information content (AvgIpc) is 3.06. The van der Waals surface area contributed by atoms with E-state index in [-0.39, 0.29) is 11.6 Å². The molecule has 7 nitrogen and oxygen atoms in total. The van der Waals surface area contributed by atoms with Crippen molar-refractivity contribution in [3.63, 3.8) is 0 Å². The van der Waals surface area contributed by atoms with Crippen LogP contribution in [0.15, 0.2) is 22.7 Å².